The molecule has 0 amide bonds. The number of hydrogen-bond donors (Lipinski definition) is 1. The lowest BCUT2D eigenvalue weighted by Gasteiger charge is -2.04. The fourth-order valence-electron chi connectivity index (χ4n) is 0.254. The van der Waals surface area contributed by atoms with Gasteiger partial charge in [-0.25, -0.2) is 0 Å². The summed E-state index contributed by atoms with van der Waals surface area (Å²) in [6.07, 6.45) is -5.37. The standard InChI is InChI=1S/C4H5F3O3/c5-4(6,7)10-2-1-3(8)9/h1-2H2,(H,8,9). The van der Waals surface area contributed by atoms with Crippen molar-refractivity contribution < 1.29 is 27.8 Å². The molecule has 0 aromatic carbocycles. The molecule has 6 heteroatoms. The Hall–Kier alpha value is -0.780. The minimum atomic E-state index is -4.73. The summed E-state index contributed by atoms with van der Waals surface area (Å²) in [6.45, 7) is -0.834. The molecule has 3 nitrogen and oxygen atoms in total. The highest BCUT2D eigenvalue weighted by Crippen LogP contribution is 2.15. The molecular weight excluding hydrogens is 153 g/mol. The van der Waals surface area contributed by atoms with Gasteiger partial charge in [-0.05, 0) is 0 Å². The molecule has 0 aliphatic rings. The van der Waals surface area contributed by atoms with Gasteiger partial charge in [0.1, 0.15) is 0 Å². The van der Waals surface area contributed by atoms with Crippen molar-refractivity contribution >= 4 is 5.97 Å². The minimum absolute atomic E-state index is 0.639. The van der Waals surface area contributed by atoms with Crippen LogP contribution in [0.1, 0.15) is 6.42 Å². The minimum Gasteiger partial charge on any atom is -0.481 e. The molecule has 0 aromatic heterocycles. The summed E-state index contributed by atoms with van der Waals surface area (Å²) in [4.78, 5) is 9.64. The van der Waals surface area contributed by atoms with E-state index in [0.29, 0.717) is 0 Å². The summed E-state index contributed by atoms with van der Waals surface area (Å²) in [6, 6.07) is 0. The second kappa shape index (κ2) is 3.40. The second-order valence-electron chi connectivity index (χ2n) is 1.44. The summed E-state index contributed by atoms with van der Waals surface area (Å²) in [7, 11) is 0. The average Bonchev–Trinajstić information content (AvgIpc) is 1.59. The van der Waals surface area contributed by atoms with Crippen molar-refractivity contribution in [2.45, 2.75) is 12.8 Å². The van der Waals surface area contributed by atoms with E-state index in [9.17, 15) is 18.0 Å². The number of carbonyl (C=O) groups is 1. The Bertz CT molecular complexity index is 119. The van der Waals surface area contributed by atoms with Gasteiger partial charge in [0.2, 0.25) is 0 Å². The van der Waals surface area contributed by atoms with E-state index in [1.165, 1.54) is 0 Å². The Morgan fingerprint density at radius 3 is 2.30 bits per heavy atom. The van der Waals surface area contributed by atoms with E-state index in [-0.39, 0.29) is 0 Å². The molecule has 0 spiro atoms. The fourth-order valence-corrected chi connectivity index (χ4v) is 0.254. The molecule has 0 atom stereocenters. The highest BCUT2D eigenvalue weighted by atomic mass is 19.4. The first-order chi connectivity index (χ1) is 4.42. The lowest BCUT2D eigenvalue weighted by molar-refractivity contribution is -0.324. The topological polar surface area (TPSA) is 46.5 Å². The van der Waals surface area contributed by atoms with Crippen LogP contribution in [0.15, 0.2) is 0 Å². The number of aliphatic carboxylic acids is 1. The van der Waals surface area contributed by atoms with Crippen LogP contribution in [0.4, 0.5) is 13.2 Å². The molecule has 10 heavy (non-hydrogen) atoms. The van der Waals surface area contributed by atoms with Crippen molar-refractivity contribution in [1.29, 1.82) is 0 Å². The van der Waals surface area contributed by atoms with Gasteiger partial charge < -0.3 is 5.11 Å². The van der Waals surface area contributed by atoms with Gasteiger partial charge in [0.15, 0.2) is 0 Å². The first-order valence-corrected chi connectivity index (χ1v) is 2.34. The summed E-state index contributed by atoms with van der Waals surface area (Å²) in [5, 5.41) is 7.86. The molecule has 0 aromatic rings. The average molecular weight is 158 g/mol. The zero-order valence-electron chi connectivity index (χ0n) is 4.81. The number of hydrogen-bond acceptors (Lipinski definition) is 2. The summed E-state index contributed by atoms with van der Waals surface area (Å²) >= 11 is 0. The quantitative estimate of drug-likeness (QED) is 0.666. The predicted molar refractivity (Wildman–Crippen MR) is 24.3 cm³/mol. The number of rotatable bonds is 3. The van der Waals surface area contributed by atoms with E-state index in [1.807, 2.05) is 0 Å². The van der Waals surface area contributed by atoms with Gasteiger partial charge in [-0.15, -0.1) is 13.2 Å². The van der Waals surface area contributed by atoms with E-state index >= 15 is 0 Å². The third-order valence-corrected chi connectivity index (χ3v) is 0.582. The Morgan fingerprint density at radius 2 is 2.00 bits per heavy atom. The number of halogens is 3. The lowest BCUT2D eigenvalue weighted by atomic mass is 10.5. The summed E-state index contributed by atoms with van der Waals surface area (Å²) in [5.41, 5.74) is 0. The van der Waals surface area contributed by atoms with Gasteiger partial charge >= 0.3 is 12.3 Å². The molecular formula is C4H5F3O3. The zero-order valence-corrected chi connectivity index (χ0v) is 4.81. The normalized spacial score (nSPS) is 11.5. The number of carboxylic acid groups (broad SMARTS) is 1. The Balaban J connectivity index is 3.29. The predicted octanol–water partition coefficient (Wildman–Crippen LogP) is 0.998. The Kier molecular flexibility index (Phi) is 3.14. The molecule has 0 saturated heterocycles. The van der Waals surface area contributed by atoms with Gasteiger partial charge in [0.25, 0.3) is 0 Å². The number of ether oxygens (including phenoxy) is 1. The van der Waals surface area contributed by atoms with Gasteiger partial charge in [0.05, 0.1) is 13.0 Å². The van der Waals surface area contributed by atoms with Crippen LogP contribution in [0.3, 0.4) is 0 Å². The van der Waals surface area contributed by atoms with Crippen LogP contribution in [-0.4, -0.2) is 24.0 Å². The largest absolute Gasteiger partial charge is 0.522 e. The van der Waals surface area contributed by atoms with Crippen molar-refractivity contribution in [2.24, 2.45) is 0 Å². The van der Waals surface area contributed by atoms with E-state index in [2.05, 4.69) is 4.74 Å². The molecule has 0 rings (SSSR count). The summed E-state index contributed by atoms with van der Waals surface area (Å²) < 4.78 is 36.4. The molecule has 0 bridgehead atoms. The van der Waals surface area contributed by atoms with Crippen molar-refractivity contribution in [3.63, 3.8) is 0 Å². The smallest absolute Gasteiger partial charge is 0.481 e. The first-order valence-electron chi connectivity index (χ1n) is 2.34. The molecule has 60 valence electrons. The van der Waals surface area contributed by atoms with E-state index < -0.39 is 25.4 Å². The highest BCUT2D eigenvalue weighted by molar-refractivity contribution is 5.66. The van der Waals surface area contributed by atoms with Crippen molar-refractivity contribution in [2.75, 3.05) is 6.61 Å². The maximum absolute atomic E-state index is 11.1. The van der Waals surface area contributed by atoms with E-state index in [0.717, 1.165) is 0 Å². The third-order valence-electron chi connectivity index (χ3n) is 0.582. The third kappa shape index (κ3) is 7.22. The van der Waals surface area contributed by atoms with Gasteiger partial charge in [0, 0.05) is 0 Å². The fraction of sp³-hybridized carbons (Fsp3) is 0.750. The van der Waals surface area contributed by atoms with Gasteiger partial charge in [-0.3, -0.25) is 9.53 Å². The first kappa shape index (κ1) is 9.22. The molecule has 0 aliphatic carbocycles. The molecule has 0 saturated carbocycles. The number of carboxylic acids is 1. The van der Waals surface area contributed by atoms with Crippen LogP contribution in [0.2, 0.25) is 0 Å². The van der Waals surface area contributed by atoms with Gasteiger partial charge in [-0.2, -0.15) is 0 Å². The van der Waals surface area contributed by atoms with E-state index in [1.54, 1.807) is 0 Å². The Labute approximate surface area is 54.4 Å². The molecule has 0 aliphatic heterocycles. The van der Waals surface area contributed by atoms with Crippen molar-refractivity contribution in [3.05, 3.63) is 0 Å². The number of alkyl halides is 3. The maximum Gasteiger partial charge on any atom is 0.522 e. The zero-order chi connectivity index (χ0) is 8.20. The van der Waals surface area contributed by atoms with Crippen LogP contribution in [0.25, 0.3) is 0 Å². The van der Waals surface area contributed by atoms with Crippen molar-refractivity contribution in [3.8, 4) is 0 Å². The molecule has 1 N–H and O–H groups in total. The second-order valence-corrected chi connectivity index (χ2v) is 1.44. The van der Waals surface area contributed by atoms with Crippen LogP contribution >= 0.6 is 0 Å². The monoisotopic (exact) mass is 158 g/mol. The lowest BCUT2D eigenvalue weighted by Crippen LogP contribution is -2.15. The molecule has 0 radical (unpaired) electrons. The SMILES string of the molecule is O=C(O)CCOC(F)(F)F. The molecule has 0 heterocycles. The molecule has 0 fully saturated rings. The van der Waals surface area contributed by atoms with E-state index in [4.69, 9.17) is 5.11 Å². The van der Waals surface area contributed by atoms with Crippen LogP contribution in [0.5, 0.6) is 0 Å². The maximum atomic E-state index is 11.1. The summed E-state index contributed by atoms with van der Waals surface area (Å²) in [5.74, 6) is -1.32. The Morgan fingerprint density at radius 1 is 1.50 bits per heavy atom. The van der Waals surface area contributed by atoms with Crippen LogP contribution in [-0.2, 0) is 9.53 Å². The van der Waals surface area contributed by atoms with Crippen LogP contribution in [0, 0.1) is 0 Å². The molecule has 0 unspecified atom stereocenters. The highest BCUT2D eigenvalue weighted by Gasteiger charge is 2.28. The van der Waals surface area contributed by atoms with Crippen LogP contribution < -0.4 is 0 Å². The van der Waals surface area contributed by atoms with Crippen molar-refractivity contribution in [1.82, 2.24) is 0 Å². The van der Waals surface area contributed by atoms with Gasteiger partial charge in [-0.1, -0.05) is 0 Å².